The molecule has 1 N–H and O–H groups in total. The second kappa shape index (κ2) is 10.8. The number of anilines is 1. The Hall–Kier alpha value is -3.52. The van der Waals surface area contributed by atoms with Gasteiger partial charge in [0, 0.05) is 0 Å². The third-order valence-corrected chi connectivity index (χ3v) is 7.79. The molecule has 0 aliphatic heterocycles. The van der Waals surface area contributed by atoms with Gasteiger partial charge in [-0.25, -0.2) is 8.42 Å². The van der Waals surface area contributed by atoms with Gasteiger partial charge in [0.2, 0.25) is 5.91 Å². The maximum atomic E-state index is 13.7. The number of rotatable bonds is 9. The smallest absolute Gasteiger partial charge is 0.264 e. The van der Waals surface area contributed by atoms with E-state index in [0.29, 0.717) is 11.5 Å². The molecular formula is C27H32N2O5S. The highest BCUT2D eigenvalue weighted by Gasteiger charge is 2.30. The third-order valence-electron chi connectivity index (χ3n) is 6.01. The van der Waals surface area contributed by atoms with Crippen molar-refractivity contribution in [3.63, 3.8) is 0 Å². The fourth-order valence-corrected chi connectivity index (χ4v) is 5.39. The van der Waals surface area contributed by atoms with E-state index in [9.17, 15) is 13.2 Å². The highest BCUT2D eigenvalue weighted by molar-refractivity contribution is 7.92. The summed E-state index contributed by atoms with van der Waals surface area (Å²) in [4.78, 5) is 13.2. The lowest BCUT2D eigenvalue weighted by Crippen LogP contribution is -2.41. The number of hydrogen-bond donors (Lipinski definition) is 1. The summed E-state index contributed by atoms with van der Waals surface area (Å²) in [6, 6.07) is 16.6. The molecule has 35 heavy (non-hydrogen) atoms. The predicted molar refractivity (Wildman–Crippen MR) is 138 cm³/mol. The lowest BCUT2D eigenvalue weighted by atomic mass is 9.96. The minimum atomic E-state index is -4.09. The highest BCUT2D eigenvalue weighted by atomic mass is 32.2. The molecule has 0 aromatic heterocycles. The number of ether oxygens (including phenoxy) is 2. The lowest BCUT2D eigenvalue weighted by Gasteiger charge is -2.27. The van der Waals surface area contributed by atoms with Crippen LogP contribution >= 0.6 is 0 Å². The van der Waals surface area contributed by atoms with Gasteiger partial charge in [0.15, 0.2) is 0 Å². The van der Waals surface area contributed by atoms with Crippen LogP contribution in [0.3, 0.4) is 0 Å². The first-order valence-corrected chi connectivity index (χ1v) is 12.7. The number of para-hydroxylation sites is 2. The number of benzene rings is 3. The molecule has 7 nitrogen and oxygen atoms in total. The molecule has 0 radical (unpaired) electrons. The normalized spacial score (nSPS) is 12.1. The van der Waals surface area contributed by atoms with Gasteiger partial charge in [0.1, 0.15) is 18.0 Å². The van der Waals surface area contributed by atoms with E-state index in [1.54, 1.807) is 36.4 Å². The van der Waals surface area contributed by atoms with Crippen LogP contribution in [0, 0.1) is 20.8 Å². The Bertz CT molecular complexity index is 1300. The van der Waals surface area contributed by atoms with Crippen LogP contribution in [0.1, 0.15) is 35.2 Å². The van der Waals surface area contributed by atoms with E-state index in [0.717, 1.165) is 21.0 Å². The fourth-order valence-electron chi connectivity index (χ4n) is 3.96. The van der Waals surface area contributed by atoms with E-state index >= 15 is 0 Å². The first-order valence-electron chi connectivity index (χ1n) is 11.3. The topological polar surface area (TPSA) is 84.9 Å². The van der Waals surface area contributed by atoms with E-state index in [1.165, 1.54) is 31.9 Å². The molecule has 3 aromatic rings. The number of hydrogen-bond acceptors (Lipinski definition) is 5. The average molecular weight is 497 g/mol. The number of sulfonamides is 1. The summed E-state index contributed by atoms with van der Waals surface area (Å²) in [6.45, 7) is 7.55. The first kappa shape index (κ1) is 26.1. The molecule has 0 saturated heterocycles. The van der Waals surface area contributed by atoms with E-state index in [4.69, 9.17) is 9.47 Å². The predicted octanol–water partition coefficient (Wildman–Crippen LogP) is 4.70. The number of methoxy groups -OCH3 is 2. The van der Waals surface area contributed by atoms with Crippen molar-refractivity contribution in [1.82, 2.24) is 5.32 Å². The van der Waals surface area contributed by atoms with Crippen molar-refractivity contribution in [3.8, 4) is 11.5 Å². The van der Waals surface area contributed by atoms with Crippen LogP contribution in [0.2, 0.25) is 0 Å². The molecule has 186 valence electrons. The van der Waals surface area contributed by atoms with Crippen LogP contribution < -0.4 is 19.1 Å². The Morgan fingerprint density at radius 2 is 1.54 bits per heavy atom. The second-order valence-corrected chi connectivity index (χ2v) is 10.3. The van der Waals surface area contributed by atoms with Crippen LogP contribution in [-0.2, 0) is 14.8 Å². The fraction of sp³-hybridized carbons (Fsp3) is 0.296. The summed E-state index contributed by atoms with van der Waals surface area (Å²) in [5, 5.41) is 2.96. The van der Waals surface area contributed by atoms with Gasteiger partial charge in [-0.2, -0.15) is 0 Å². The number of aryl methyl sites for hydroxylation is 3. The zero-order chi connectivity index (χ0) is 25.8. The van der Waals surface area contributed by atoms with Crippen molar-refractivity contribution in [2.75, 3.05) is 25.1 Å². The molecule has 0 saturated carbocycles. The second-order valence-electron chi connectivity index (χ2n) is 8.44. The third kappa shape index (κ3) is 5.77. The molecular weight excluding hydrogens is 464 g/mol. The molecule has 0 heterocycles. The van der Waals surface area contributed by atoms with Gasteiger partial charge < -0.3 is 14.8 Å². The van der Waals surface area contributed by atoms with Gasteiger partial charge in [-0.1, -0.05) is 24.3 Å². The van der Waals surface area contributed by atoms with Gasteiger partial charge in [0.05, 0.1) is 30.8 Å². The summed E-state index contributed by atoms with van der Waals surface area (Å²) < 4.78 is 39.0. The minimum Gasteiger partial charge on any atom is -0.497 e. The summed E-state index contributed by atoms with van der Waals surface area (Å²) in [6.07, 6.45) is 0. The zero-order valence-electron chi connectivity index (χ0n) is 21.0. The molecule has 0 fully saturated rings. The van der Waals surface area contributed by atoms with E-state index in [1.807, 2.05) is 27.7 Å². The molecule has 0 aliphatic carbocycles. The summed E-state index contributed by atoms with van der Waals surface area (Å²) >= 11 is 0. The van der Waals surface area contributed by atoms with Crippen LogP contribution in [0.15, 0.2) is 65.6 Å². The number of carbonyl (C=O) groups is 1. The largest absolute Gasteiger partial charge is 0.497 e. The van der Waals surface area contributed by atoms with Gasteiger partial charge >= 0.3 is 0 Å². The Balaban J connectivity index is 1.95. The molecule has 3 aromatic carbocycles. The molecule has 0 spiro atoms. The van der Waals surface area contributed by atoms with Crippen molar-refractivity contribution < 1.29 is 22.7 Å². The Morgan fingerprint density at radius 3 is 2.17 bits per heavy atom. The van der Waals surface area contributed by atoms with E-state index < -0.39 is 22.5 Å². The molecule has 0 aliphatic rings. The van der Waals surface area contributed by atoms with E-state index in [-0.39, 0.29) is 16.6 Å². The van der Waals surface area contributed by atoms with Crippen molar-refractivity contribution in [2.24, 2.45) is 0 Å². The zero-order valence-corrected chi connectivity index (χ0v) is 21.8. The van der Waals surface area contributed by atoms with Gasteiger partial charge in [-0.05, 0) is 86.3 Å². The average Bonchev–Trinajstić information content (AvgIpc) is 2.84. The monoisotopic (exact) mass is 496 g/mol. The van der Waals surface area contributed by atoms with Gasteiger partial charge in [-0.3, -0.25) is 9.10 Å². The van der Waals surface area contributed by atoms with Crippen molar-refractivity contribution in [1.29, 1.82) is 0 Å². The Morgan fingerprint density at radius 1 is 0.914 bits per heavy atom. The van der Waals surface area contributed by atoms with Gasteiger partial charge in [-0.15, -0.1) is 0 Å². The summed E-state index contributed by atoms with van der Waals surface area (Å²) in [5.74, 6) is 0.441. The quantitative estimate of drug-likeness (QED) is 0.464. The maximum Gasteiger partial charge on any atom is 0.264 e. The number of nitrogens with zero attached hydrogens (tertiary/aromatic N) is 1. The standard InChI is InChI=1S/C27H32N2O5S/c1-18-15-20(3)24(16-19(18)2)21(4)28-27(30)17-29(25-9-7-8-10-26(25)34-6)35(31,32)23-13-11-22(33-5)12-14-23/h7-16,21H,17H2,1-6H3,(H,28,30)/t21-/m1/s1. The number of carbonyl (C=O) groups excluding carboxylic acids is 1. The molecule has 1 atom stereocenters. The SMILES string of the molecule is COc1ccc(S(=O)(=O)N(CC(=O)N[C@H](C)c2cc(C)c(C)cc2C)c2ccccc2OC)cc1. The van der Waals surface area contributed by atoms with Gasteiger partial charge in [0.25, 0.3) is 10.0 Å². The Kier molecular flexibility index (Phi) is 8.07. The van der Waals surface area contributed by atoms with Crippen LogP contribution in [-0.4, -0.2) is 35.1 Å². The molecule has 8 heteroatoms. The van der Waals surface area contributed by atoms with Crippen molar-refractivity contribution in [2.45, 2.75) is 38.6 Å². The van der Waals surface area contributed by atoms with Crippen LogP contribution in [0.4, 0.5) is 5.69 Å². The molecule has 0 bridgehead atoms. The molecule has 1 amide bonds. The lowest BCUT2D eigenvalue weighted by molar-refractivity contribution is -0.120. The number of nitrogens with one attached hydrogen (secondary N) is 1. The summed E-state index contributed by atoms with van der Waals surface area (Å²) in [7, 11) is -1.12. The molecule has 3 rings (SSSR count). The van der Waals surface area contributed by atoms with Crippen molar-refractivity contribution in [3.05, 3.63) is 82.9 Å². The number of amides is 1. The Labute approximate surface area is 207 Å². The summed E-state index contributed by atoms with van der Waals surface area (Å²) in [5.41, 5.74) is 4.63. The molecule has 0 unspecified atom stereocenters. The van der Waals surface area contributed by atoms with Crippen LogP contribution in [0.5, 0.6) is 11.5 Å². The van der Waals surface area contributed by atoms with Crippen molar-refractivity contribution >= 4 is 21.6 Å². The highest BCUT2D eigenvalue weighted by Crippen LogP contribution is 2.32. The first-order chi connectivity index (χ1) is 16.6. The maximum absolute atomic E-state index is 13.7. The van der Waals surface area contributed by atoms with Crippen LogP contribution in [0.25, 0.3) is 0 Å². The minimum absolute atomic E-state index is 0.0371. The van der Waals surface area contributed by atoms with E-state index in [2.05, 4.69) is 17.4 Å².